The SMILES string of the molecule is CCCN(C)CC1(O)CCC2(CCN(C(=O)c3ccoc3)CC2)CC1. The number of carbonyl (C=O) groups excluding carboxylic acids is 1. The van der Waals surface area contributed by atoms with Crippen molar-refractivity contribution >= 4 is 5.91 Å². The van der Waals surface area contributed by atoms with Gasteiger partial charge in [0.1, 0.15) is 6.26 Å². The lowest BCUT2D eigenvalue weighted by atomic mass is 9.64. The third-order valence-electron chi connectivity index (χ3n) is 6.29. The standard InChI is InChI=1S/C20H32N2O3/c1-3-11-21(2)16-20(24)7-5-19(6-8-20)9-12-22(13-10-19)18(23)17-4-14-25-15-17/h4,14-15,24H,3,5-13,16H2,1-2H3. The van der Waals surface area contributed by atoms with Crippen molar-refractivity contribution in [2.75, 3.05) is 33.2 Å². The number of hydrogen-bond acceptors (Lipinski definition) is 4. The zero-order valence-corrected chi connectivity index (χ0v) is 15.7. The molecule has 0 bridgehead atoms. The van der Waals surface area contributed by atoms with Gasteiger partial charge in [-0.05, 0) is 70.0 Å². The molecule has 0 atom stereocenters. The van der Waals surface area contributed by atoms with Crippen LogP contribution >= 0.6 is 0 Å². The Bertz CT molecular complexity index is 552. The third kappa shape index (κ3) is 4.26. The van der Waals surface area contributed by atoms with Crippen molar-refractivity contribution in [3.8, 4) is 0 Å². The van der Waals surface area contributed by atoms with Gasteiger partial charge in [-0.15, -0.1) is 0 Å². The summed E-state index contributed by atoms with van der Waals surface area (Å²) in [6.45, 7) is 5.63. The predicted octanol–water partition coefficient (Wildman–Crippen LogP) is 3.15. The van der Waals surface area contributed by atoms with Crippen LogP contribution in [0.15, 0.2) is 23.0 Å². The molecule has 140 valence electrons. The predicted molar refractivity (Wildman–Crippen MR) is 97.5 cm³/mol. The van der Waals surface area contributed by atoms with Crippen LogP contribution in [0.4, 0.5) is 0 Å². The van der Waals surface area contributed by atoms with Gasteiger partial charge in [0.15, 0.2) is 0 Å². The Morgan fingerprint density at radius 1 is 1.24 bits per heavy atom. The molecular weight excluding hydrogens is 316 g/mol. The van der Waals surface area contributed by atoms with Crippen LogP contribution in [0.2, 0.25) is 0 Å². The fourth-order valence-corrected chi connectivity index (χ4v) is 4.62. The van der Waals surface area contributed by atoms with Gasteiger partial charge < -0.3 is 19.3 Å². The summed E-state index contributed by atoms with van der Waals surface area (Å²) < 4.78 is 5.03. The number of likely N-dealkylation sites (tertiary alicyclic amines) is 1. The molecule has 1 aliphatic heterocycles. The van der Waals surface area contributed by atoms with Gasteiger partial charge in [-0.3, -0.25) is 4.79 Å². The lowest BCUT2D eigenvalue weighted by Crippen LogP contribution is -2.50. The first-order chi connectivity index (χ1) is 12.0. The average Bonchev–Trinajstić information content (AvgIpc) is 3.13. The van der Waals surface area contributed by atoms with Crippen molar-refractivity contribution in [1.82, 2.24) is 9.80 Å². The number of amides is 1. The summed E-state index contributed by atoms with van der Waals surface area (Å²) in [6, 6.07) is 1.74. The van der Waals surface area contributed by atoms with E-state index in [1.165, 1.54) is 6.26 Å². The second kappa shape index (κ2) is 7.50. The molecular formula is C20H32N2O3. The lowest BCUT2D eigenvalue weighted by molar-refractivity contribution is -0.0643. The van der Waals surface area contributed by atoms with Gasteiger partial charge in [0.25, 0.3) is 5.91 Å². The van der Waals surface area contributed by atoms with Crippen LogP contribution in [0.25, 0.3) is 0 Å². The molecule has 5 nitrogen and oxygen atoms in total. The van der Waals surface area contributed by atoms with Gasteiger partial charge in [0, 0.05) is 19.6 Å². The summed E-state index contributed by atoms with van der Waals surface area (Å²) in [4.78, 5) is 16.6. The fourth-order valence-electron chi connectivity index (χ4n) is 4.62. The Morgan fingerprint density at radius 3 is 2.48 bits per heavy atom. The van der Waals surface area contributed by atoms with Crippen LogP contribution in [0.3, 0.4) is 0 Å². The second-order valence-corrected chi connectivity index (χ2v) is 8.27. The first kappa shape index (κ1) is 18.5. The molecule has 2 heterocycles. The Balaban J connectivity index is 1.51. The summed E-state index contributed by atoms with van der Waals surface area (Å²) in [5, 5.41) is 10.9. The van der Waals surface area contributed by atoms with E-state index >= 15 is 0 Å². The maximum Gasteiger partial charge on any atom is 0.257 e. The van der Waals surface area contributed by atoms with E-state index in [0.29, 0.717) is 11.0 Å². The van der Waals surface area contributed by atoms with Gasteiger partial charge in [-0.1, -0.05) is 6.92 Å². The van der Waals surface area contributed by atoms with Gasteiger partial charge in [-0.25, -0.2) is 0 Å². The molecule has 1 spiro atoms. The van der Waals surface area contributed by atoms with Gasteiger partial charge >= 0.3 is 0 Å². The molecule has 1 amide bonds. The van der Waals surface area contributed by atoms with Crippen LogP contribution in [0.5, 0.6) is 0 Å². The van der Waals surface area contributed by atoms with Crippen molar-refractivity contribution in [2.45, 2.75) is 57.5 Å². The van der Waals surface area contributed by atoms with Crippen molar-refractivity contribution in [1.29, 1.82) is 0 Å². The molecule has 1 N–H and O–H groups in total. The number of nitrogens with zero attached hydrogens (tertiary/aromatic N) is 2. The number of likely N-dealkylation sites (N-methyl/N-ethyl adjacent to an activating group) is 1. The highest BCUT2D eigenvalue weighted by molar-refractivity contribution is 5.93. The molecule has 5 heteroatoms. The number of aliphatic hydroxyl groups is 1. The molecule has 0 unspecified atom stereocenters. The Kier molecular flexibility index (Phi) is 5.54. The van der Waals surface area contributed by atoms with Gasteiger partial charge in [-0.2, -0.15) is 0 Å². The quantitative estimate of drug-likeness (QED) is 0.888. The van der Waals surface area contributed by atoms with Gasteiger partial charge in [0.2, 0.25) is 0 Å². The van der Waals surface area contributed by atoms with Crippen LogP contribution in [0.1, 0.15) is 62.2 Å². The Morgan fingerprint density at radius 2 is 1.92 bits per heavy atom. The highest BCUT2D eigenvalue weighted by Crippen LogP contribution is 2.47. The van der Waals surface area contributed by atoms with Crippen molar-refractivity contribution in [2.24, 2.45) is 5.41 Å². The minimum atomic E-state index is -0.529. The van der Waals surface area contributed by atoms with E-state index in [0.717, 1.165) is 71.1 Å². The largest absolute Gasteiger partial charge is 0.472 e. The highest BCUT2D eigenvalue weighted by atomic mass is 16.3. The molecule has 2 aliphatic rings. The molecule has 1 saturated heterocycles. The van der Waals surface area contributed by atoms with Crippen molar-refractivity contribution in [3.63, 3.8) is 0 Å². The molecule has 0 radical (unpaired) electrons. The highest BCUT2D eigenvalue weighted by Gasteiger charge is 2.44. The van der Waals surface area contributed by atoms with Crippen LogP contribution in [-0.2, 0) is 0 Å². The molecule has 1 aromatic heterocycles. The first-order valence-electron chi connectivity index (χ1n) is 9.68. The topological polar surface area (TPSA) is 56.9 Å². The smallest absolute Gasteiger partial charge is 0.257 e. The van der Waals surface area contributed by atoms with E-state index in [2.05, 4.69) is 18.9 Å². The molecule has 3 rings (SSSR count). The van der Waals surface area contributed by atoms with E-state index < -0.39 is 5.60 Å². The number of furan rings is 1. The fraction of sp³-hybridized carbons (Fsp3) is 0.750. The van der Waals surface area contributed by atoms with E-state index in [1.807, 2.05) is 4.90 Å². The maximum absolute atomic E-state index is 12.4. The molecule has 1 saturated carbocycles. The molecule has 1 aliphatic carbocycles. The van der Waals surface area contributed by atoms with E-state index in [1.54, 1.807) is 12.3 Å². The van der Waals surface area contributed by atoms with Crippen molar-refractivity contribution < 1.29 is 14.3 Å². The van der Waals surface area contributed by atoms with E-state index in [4.69, 9.17) is 4.42 Å². The van der Waals surface area contributed by atoms with Crippen LogP contribution in [0, 0.1) is 5.41 Å². The van der Waals surface area contributed by atoms with Gasteiger partial charge in [0.05, 0.1) is 17.4 Å². The number of rotatable bonds is 5. The molecule has 0 aromatic carbocycles. The molecule has 1 aromatic rings. The van der Waals surface area contributed by atoms with Crippen molar-refractivity contribution in [3.05, 3.63) is 24.2 Å². The summed E-state index contributed by atoms with van der Waals surface area (Å²) in [5.74, 6) is 0.0807. The molecule has 2 fully saturated rings. The molecule has 25 heavy (non-hydrogen) atoms. The van der Waals surface area contributed by atoms with Crippen LogP contribution in [-0.4, -0.2) is 59.6 Å². The van der Waals surface area contributed by atoms with E-state index in [-0.39, 0.29) is 5.91 Å². The first-order valence-corrected chi connectivity index (χ1v) is 9.68. The normalized spacial score (nSPS) is 22.5. The van der Waals surface area contributed by atoms with E-state index in [9.17, 15) is 9.90 Å². The number of piperidine rings is 1. The second-order valence-electron chi connectivity index (χ2n) is 8.27. The average molecular weight is 348 g/mol. The maximum atomic E-state index is 12.4. The van der Waals surface area contributed by atoms with Crippen LogP contribution < -0.4 is 0 Å². The zero-order chi connectivity index (χ0) is 17.9. The zero-order valence-electron chi connectivity index (χ0n) is 15.7. The Hall–Kier alpha value is -1.33. The summed E-state index contributed by atoms with van der Waals surface area (Å²) >= 11 is 0. The monoisotopic (exact) mass is 348 g/mol. The third-order valence-corrected chi connectivity index (χ3v) is 6.29. The summed E-state index contributed by atoms with van der Waals surface area (Å²) in [6.07, 6.45) is 10.2. The Labute approximate surface area is 151 Å². The lowest BCUT2D eigenvalue weighted by Gasteiger charge is -2.49. The number of hydrogen-bond donors (Lipinski definition) is 1. The summed E-state index contributed by atoms with van der Waals surface area (Å²) in [7, 11) is 2.10. The summed E-state index contributed by atoms with van der Waals surface area (Å²) in [5.41, 5.74) is 0.440. The number of carbonyl (C=O) groups is 1. The minimum absolute atomic E-state index is 0.0807. The minimum Gasteiger partial charge on any atom is -0.472 e.